The molecule has 2 amide bonds. The highest BCUT2D eigenvalue weighted by molar-refractivity contribution is 5.98. The van der Waals surface area contributed by atoms with Gasteiger partial charge in [0.05, 0.1) is 7.11 Å². The number of carbonyl (C=O) groups excluding carboxylic acids is 2. The summed E-state index contributed by atoms with van der Waals surface area (Å²) in [4.78, 5) is 28.4. The van der Waals surface area contributed by atoms with E-state index in [4.69, 9.17) is 9.47 Å². The van der Waals surface area contributed by atoms with Gasteiger partial charge in [-0.2, -0.15) is 0 Å². The van der Waals surface area contributed by atoms with Crippen molar-refractivity contribution in [3.05, 3.63) is 11.5 Å². The summed E-state index contributed by atoms with van der Waals surface area (Å²) in [5, 5.41) is 5.52. The molecular weight excluding hydrogens is 300 g/mol. The minimum Gasteiger partial charge on any atom is -0.464 e. The number of nitrogens with zero attached hydrogens (tertiary/aromatic N) is 2. The molecule has 2 aliphatic rings. The number of ether oxygens (including phenoxy) is 2. The van der Waals surface area contributed by atoms with Gasteiger partial charge in [-0.15, -0.1) is 0 Å². The normalized spacial score (nSPS) is 17.6. The van der Waals surface area contributed by atoms with Gasteiger partial charge in [-0.05, 0) is 25.2 Å². The van der Waals surface area contributed by atoms with E-state index in [1.807, 2.05) is 4.57 Å². The van der Waals surface area contributed by atoms with Crippen molar-refractivity contribution in [3.8, 4) is 0 Å². The summed E-state index contributed by atoms with van der Waals surface area (Å²) in [7, 11) is 1.33. The van der Waals surface area contributed by atoms with E-state index in [1.165, 1.54) is 7.11 Å². The van der Waals surface area contributed by atoms with Crippen molar-refractivity contribution in [2.75, 3.05) is 32.2 Å². The maximum absolute atomic E-state index is 12.1. The Kier molecular flexibility index (Phi) is 4.80. The second-order valence-corrected chi connectivity index (χ2v) is 5.86. The van der Waals surface area contributed by atoms with Gasteiger partial charge >= 0.3 is 12.0 Å². The fourth-order valence-electron chi connectivity index (χ4n) is 3.06. The smallest absolute Gasteiger partial charge is 0.358 e. The second-order valence-electron chi connectivity index (χ2n) is 5.86. The van der Waals surface area contributed by atoms with E-state index in [0.29, 0.717) is 18.2 Å². The van der Waals surface area contributed by atoms with Crippen LogP contribution < -0.4 is 10.6 Å². The highest BCUT2D eigenvalue weighted by Gasteiger charge is 2.27. The molecule has 3 heterocycles. The monoisotopic (exact) mass is 322 g/mol. The highest BCUT2D eigenvalue weighted by atomic mass is 16.5. The maximum atomic E-state index is 12.1. The number of nitrogens with one attached hydrogen (secondary N) is 2. The van der Waals surface area contributed by atoms with Gasteiger partial charge in [0.1, 0.15) is 5.82 Å². The van der Waals surface area contributed by atoms with Gasteiger partial charge in [-0.1, -0.05) is 0 Å². The zero-order chi connectivity index (χ0) is 16.2. The van der Waals surface area contributed by atoms with Crippen LogP contribution >= 0.6 is 0 Å². The van der Waals surface area contributed by atoms with Crippen LogP contribution in [0.25, 0.3) is 0 Å². The summed E-state index contributed by atoms with van der Waals surface area (Å²) in [5.41, 5.74) is 0.321. The van der Waals surface area contributed by atoms with E-state index < -0.39 is 5.97 Å². The molecule has 8 heteroatoms. The Morgan fingerprint density at radius 1 is 1.39 bits per heavy atom. The van der Waals surface area contributed by atoms with E-state index in [-0.39, 0.29) is 11.8 Å². The number of amides is 2. The molecule has 0 radical (unpaired) electrons. The number of aromatic nitrogens is 2. The molecule has 2 aliphatic heterocycles. The summed E-state index contributed by atoms with van der Waals surface area (Å²) in [6.07, 6.45) is 3.65. The average molecular weight is 322 g/mol. The molecule has 0 unspecified atom stereocenters. The topological polar surface area (TPSA) is 94.5 Å². The molecule has 8 nitrogen and oxygen atoms in total. The Morgan fingerprint density at radius 3 is 2.91 bits per heavy atom. The first-order valence-electron chi connectivity index (χ1n) is 7.99. The van der Waals surface area contributed by atoms with Crippen LogP contribution in [0.4, 0.5) is 10.6 Å². The first kappa shape index (κ1) is 15.8. The molecular formula is C15H22N4O4. The second kappa shape index (κ2) is 6.99. The minimum absolute atomic E-state index is 0.274. The first-order chi connectivity index (χ1) is 11.2. The number of methoxy groups -OCH3 is 1. The lowest BCUT2D eigenvalue weighted by atomic mass is 10.0. The summed E-state index contributed by atoms with van der Waals surface area (Å²) >= 11 is 0. The van der Waals surface area contributed by atoms with Gasteiger partial charge < -0.3 is 19.4 Å². The zero-order valence-corrected chi connectivity index (χ0v) is 13.3. The Bertz CT molecular complexity index is 593. The van der Waals surface area contributed by atoms with Crippen LogP contribution in [0.15, 0.2) is 0 Å². The number of rotatable bonds is 4. The van der Waals surface area contributed by atoms with E-state index in [1.54, 1.807) is 0 Å². The number of anilines is 1. The quantitative estimate of drug-likeness (QED) is 0.811. The molecule has 23 heavy (non-hydrogen) atoms. The molecule has 1 aromatic rings. The molecule has 0 bridgehead atoms. The first-order valence-corrected chi connectivity index (χ1v) is 7.99. The Hall–Kier alpha value is -2.09. The molecule has 2 N–H and O–H groups in total. The van der Waals surface area contributed by atoms with Gasteiger partial charge in [0, 0.05) is 32.7 Å². The van der Waals surface area contributed by atoms with Gasteiger partial charge in [-0.25, -0.2) is 14.6 Å². The van der Waals surface area contributed by atoms with Crippen LogP contribution in [0.3, 0.4) is 0 Å². The Morgan fingerprint density at radius 2 is 2.17 bits per heavy atom. The molecule has 1 saturated heterocycles. The van der Waals surface area contributed by atoms with Crippen LogP contribution in [0, 0.1) is 5.92 Å². The third kappa shape index (κ3) is 3.47. The summed E-state index contributed by atoms with van der Waals surface area (Å²) in [5.74, 6) is 1.04. The molecule has 0 atom stereocenters. The van der Waals surface area contributed by atoms with Crippen LogP contribution in [0.5, 0.6) is 0 Å². The molecule has 0 saturated carbocycles. The number of fused-ring (bicyclic) bond motifs is 1. The van der Waals surface area contributed by atoms with Crippen LogP contribution in [-0.2, 0) is 22.4 Å². The van der Waals surface area contributed by atoms with E-state index >= 15 is 0 Å². The summed E-state index contributed by atoms with van der Waals surface area (Å²) in [6, 6.07) is -0.349. The van der Waals surface area contributed by atoms with Crippen LogP contribution in [-0.4, -0.2) is 48.4 Å². The van der Waals surface area contributed by atoms with E-state index in [2.05, 4.69) is 15.6 Å². The molecule has 1 fully saturated rings. The van der Waals surface area contributed by atoms with Gasteiger partial charge in [0.15, 0.2) is 11.5 Å². The number of carbonyl (C=O) groups is 2. The number of aryl methyl sites for hydroxylation is 1. The standard InChI is InChI=1S/C15H22N4O4/c1-22-14(20)12-13(17-11-3-2-6-19(11)12)18-15(21)16-9-10-4-7-23-8-5-10/h10H,2-9H2,1H3,(H2,16,18,21). The molecule has 0 spiro atoms. The lowest BCUT2D eigenvalue weighted by Gasteiger charge is -2.22. The number of imidazole rings is 1. The fraction of sp³-hybridized carbons (Fsp3) is 0.667. The fourth-order valence-corrected chi connectivity index (χ4v) is 3.06. The predicted molar refractivity (Wildman–Crippen MR) is 82.5 cm³/mol. The summed E-state index contributed by atoms with van der Waals surface area (Å²) in [6.45, 7) is 2.80. The highest BCUT2D eigenvalue weighted by Crippen LogP contribution is 2.24. The van der Waals surface area contributed by atoms with Crippen molar-refractivity contribution in [1.29, 1.82) is 0 Å². The minimum atomic E-state index is -0.481. The van der Waals surface area contributed by atoms with Gasteiger partial charge in [0.2, 0.25) is 0 Å². The molecule has 126 valence electrons. The molecule has 1 aromatic heterocycles. The SMILES string of the molecule is COC(=O)c1c(NC(=O)NCC2CCOCC2)nc2n1CCC2. The van der Waals surface area contributed by atoms with E-state index in [9.17, 15) is 9.59 Å². The molecule has 3 rings (SSSR count). The maximum Gasteiger partial charge on any atom is 0.358 e. The number of hydrogen-bond acceptors (Lipinski definition) is 5. The molecule has 0 aliphatic carbocycles. The van der Waals surface area contributed by atoms with Gasteiger partial charge in [0.25, 0.3) is 0 Å². The van der Waals surface area contributed by atoms with Crippen molar-refractivity contribution >= 4 is 17.8 Å². The predicted octanol–water partition coefficient (Wildman–Crippen LogP) is 1.16. The third-order valence-corrected chi connectivity index (χ3v) is 4.33. The van der Waals surface area contributed by atoms with Crippen molar-refractivity contribution in [1.82, 2.24) is 14.9 Å². The average Bonchev–Trinajstić information content (AvgIpc) is 3.14. The van der Waals surface area contributed by atoms with Crippen molar-refractivity contribution in [3.63, 3.8) is 0 Å². The number of hydrogen-bond donors (Lipinski definition) is 2. The third-order valence-electron chi connectivity index (χ3n) is 4.33. The van der Waals surface area contributed by atoms with Crippen LogP contribution in [0.2, 0.25) is 0 Å². The Balaban J connectivity index is 1.63. The lowest BCUT2D eigenvalue weighted by molar-refractivity contribution is 0.0590. The van der Waals surface area contributed by atoms with Crippen LogP contribution in [0.1, 0.15) is 35.6 Å². The van der Waals surface area contributed by atoms with Crippen molar-refractivity contribution in [2.45, 2.75) is 32.2 Å². The van der Waals surface area contributed by atoms with Crippen molar-refractivity contribution in [2.24, 2.45) is 5.92 Å². The van der Waals surface area contributed by atoms with E-state index in [0.717, 1.165) is 51.3 Å². The number of urea groups is 1. The van der Waals surface area contributed by atoms with Gasteiger partial charge in [-0.3, -0.25) is 5.32 Å². The molecule has 0 aromatic carbocycles. The Labute approximate surface area is 134 Å². The number of esters is 1. The zero-order valence-electron chi connectivity index (χ0n) is 13.3. The summed E-state index contributed by atoms with van der Waals surface area (Å²) < 4.78 is 11.9. The van der Waals surface area contributed by atoms with Crippen molar-refractivity contribution < 1.29 is 19.1 Å². The largest absolute Gasteiger partial charge is 0.464 e. The lowest BCUT2D eigenvalue weighted by Crippen LogP contribution is -2.35.